The molecule has 2 heteroatoms. The monoisotopic (exact) mass is 408 g/mol. The molecule has 2 aromatic carbocycles. The molecule has 158 valence electrons. The molecular formula is C29H32N2. The van der Waals surface area contributed by atoms with Crippen LogP contribution in [-0.4, -0.2) is 4.57 Å². The molecule has 0 aliphatic carbocycles. The van der Waals surface area contributed by atoms with Gasteiger partial charge in [-0.3, -0.25) is 0 Å². The molecular weight excluding hydrogens is 376 g/mol. The summed E-state index contributed by atoms with van der Waals surface area (Å²) in [4.78, 5) is 2.29. The first kappa shape index (κ1) is 22.2. The summed E-state index contributed by atoms with van der Waals surface area (Å²) in [5.74, 6) is 0. The summed E-state index contributed by atoms with van der Waals surface area (Å²) in [6.45, 7) is 16.5. The van der Waals surface area contributed by atoms with Crippen molar-refractivity contribution in [3.05, 3.63) is 107 Å². The van der Waals surface area contributed by atoms with Crippen LogP contribution in [0.2, 0.25) is 0 Å². The maximum atomic E-state index is 4.30. The van der Waals surface area contributed by atoms with E-state index in [1.165, 1.54) is 16.5 Å². The second-order valence-corrected chi connectivity index (χ2v) is 7.91. The Hall–Kier alpha value is -3.52. The average molecular weight is 409 g/mol. The molecule has 0 bridgehead atoms. The molecule has 3 aromatic rings. The number of fused-ring (bicyclic) bond motifs is 1. The van der Waals surface area contributed by atoms with E-state index in [0.29, 0.717) is 0 Å². The molecule has 0 unspecified atom stereocenters. The van der Waals surface area contributed by atoms with Crippen LogP contribution in [0.15, 0.2) is 90.7 Å². The third-order valence-electron chi connectivity index (χ3n) is 5.62. The zero-order valence-electron chi connectivity index (χ0n) is 19.3. The normalized spacial score (nSPS) is 13.4. The number of benzene rings is 2. The number of hydrogen-bond donors (Lipinski definition) is 0. The summed E-state index contributed by atoms with van der Waals surface area (Å²) in [7, 11) is 2.07. The molecule has 31 heavy (non-hydrogen) atoms. The zero-order chi connectivity index (χ0) is 22.5. The van der Waals surface area contributed by atoms with Crippen molar-refractivity contribution in [3.8, 4) is 0 Å². The van der Waals surface area contributed by atoms with E-state index in [-0.39, 0.29) is 0 Å². The van der Waals surface area contributed by atoms with Gasteiger partial charge in [-0.15, -0.1) is 0 Å². The van der Waals surface area contributed by atoms with Crippen LogP contribution in [0.4, 0.5) is 11.4 Å². The highest BCUT2D eigenvalue weighted by Gasteiger charge is 2.13. The van der Waals surface area contributed by atoms with Gasteiger partial charge < -0.3 is 9.47 Å². The highest BCUT2D eigenvalue weighted by atomic mass is 15.1. The van der Waals surface area contributed by atoms with Gasteiger partial charge in [-0.2, -0.15) is 0 Å². The van der Waals surface area contributed by atoms with Gasteiger partial charge in [0.05, 0.1) is 0 Å². The molecule has 0 atom stereocenters. The predicted molar refractivity (Wildman–Crippen MR) is 138 cm³/mol. The van der Waals surface area contributed by atoms with Crippen LogP contribution in [0.1, 0.15) is 26.3 Å². The van der Waals surface area contributed by atoms with Gasteiger partial charge in [0, 0.05) is 45.6 Å². The van der Waals surface area contributed by atoms with E-state index in [4.69, 9.17) is 0 Å². The molecule has 0 saturated carbocycles. The number of anilines is 2. The fourth-order valence-electron chi connectivity index (χ4n) is 3.68. The van der Waals surface area contributed by atoms with Crippen molar-refractivity contribution in [3.63, 3.8) is 0 Å². The molecule has 0 aliphatic rings. The Morgan fingerprint density at radius 2 is 1.68 bits per heavy atom. The van der Waals surface area contributed by atoms with Gasteiger partial charge >= 0.3 is 0 Å². The Labute approximate surface area is 186 Å². The van der Waals surface area contributed by atoms with Crippen molar-refractivity contribution in [2.24, 2.45) is 7.05 Å². The molecule has 0 aliphatic heterocycles. The highest BCUT2D eigenvalue weighted by Crippen LogP contribution is 2.31. The van der Waals surface area contributed by atoms with Gasteiger partial charge in [0.2, 0.25) is 0 Å². The Morgan fingerprint density at radius 1 is 1.00 bits per heavy atom. The number of aryl methyl sites for hydroxylation is 2. The van der Waals surface area contributed by atoms with Crippen molar-refractivity contribution in [1.82, 2.24) is 4.57 Å². The molecule has 3 rings (SSSR count). The number of nitrogens with zero attached hydrogens (tertiary/aromatic N) is 2. The van der Waals surface area contributed by atoms with Gasteiger partial charge in [0.25, 0.3) is 0 Å². The minimum absolute atomic E-state index is 1.02. The van der Waals surface area contributed by atoms with E-state index in [1.54, 1.807) is 0 Å². The first-order valence-corrected chi connectivity index (χ1v) is 10.6. The second-order valence-electron chi connectivity index (χ2n) is 7.91. The lowest BCUT2D eigenvalue weighted by atomic mass is 10.1. The highest BCUT2D eigenvalue weighted by molar-refractivity contribution is 5.87. The van der Waals surface area contributed by atoms with E-state index >= 15 is 0 Å². The van der Waals surface area contributed by atoms with Gasteiger partial charge in [0.1, 0.15) is 0 Å². The van der Waals surface area contributed by atoms with Crippen LogP contribution in [0.5, 0.6) is 0 Å². The number of rotatable bonds is 6. The molecule has 1 aromatic heterocycles. The molecule has 0 amide bonds. The summed E-state index contributed by atoms with van der Waals surface area (Å²) < 4.78 is 2.16. The van der Waals surface area contributed by atoms with Crippen LogP contribution >= 0.6 is 0 Å². The van der Waals surface area contributed by atoms with Crippen LogP contribution in [0.3, 0.4) is 0 Å². The molecule has 0 radical (unpaired) electrons. The lowest BCUT2D eigenvalue weighted by Gasteiger charge is -2.26. The van der Waals surface area contributed by atoms with Crippen LogP contribution in [0.25, 0.3) is 23.6 Å². The fourth-order valence-corrected chi connectivity index (χ4v) is 3.68. The Kier molecular flexibility index (Phi) is 6.81. The molecule has 0 fully saturated rings. The standard InChI is InChI=1S/C29H32N2/c1-8-10-11-27-24(6)30(7)29-19-18-26(20-28(27)29)31(23(5)15-12-21(3)9-2)25-16-13-22(4)14-17-25/h8-20H,2,6H2,1,3-5,7H3/b10-8-,21-12-,23-15+,27-11+. The number of allylic oxidation sites excluding steroid dienone is 7. The summed E-state index contributed by atoms with van der Waals surface area (Å²) in [6, 6.07) is 15.3. The van der Waals surface area contributed by atoms with Gasteiger partial charge in [0.15, 0.2) is 0 Å². The fraction of sp³-hybridized carbons (Fsp3) is 0.172. The molecule has 0 spiro atoms. The van der Waals surface area contributed by atoms with Crippen LogP contribution in [-0.2, 0) is 7.05 Å². The quantitative estimate of drug-likeness (QED) is 0.427. The average Bonchev–Trinajstić information content (AvgIpc) is 3.01. The van der Waals surface area contributed by atoms with E-state index in [1.807, 2.05) is 19.1 Å². The van der Waals surface area contributed by atoms with Crippen molar-refractivity contribution in [2.45, 2.75) is 27.7 Å². The summed E-state index contributed by atoms with van der Waals surface area (Å²) in [5, 5.41) is 3.38. The number of hydrogen-bond acceptors (Lipinski definition) is 1. The minimum Gasteiger partial charge on any atom is -0.344 e. The van der Waals surface area contributed by atoms with E-state index < -0.39 is 0 Å². The molecule has 0 N–H and O–H groups in total. The summed E-state index contributed by atoms with van der Waals surface area (Å²) >= 11 is 0. The molecule has 0 saturated heterocycles. The third-order valence-corrected chi connectivity index (χ3v) is 5.62. The predicted octanol–water partition coefficient (Wildman–Crippen LogP) is 6.43. The number of aromatic nitrogens is 1. The lowest BCUT2D eigenvalue weighted by Crippen LogP contribution is -2.25. The van der Waals surface area contributed by atoms with E-state index in [0.717, 1.165) is 33.2 Å². The smallest absolute Gasteiger partial charge is 0.0490 e. The maximum absolute atomic E-state index is 4.30. The first-order chi connectivity index (χ1) is 14.9. The van der Waals surface area contributed by atoms with Crippen molar-refractivity contribution in [2.75, 3.05) is 4.90 Å². The zero-order valence-corrected chi connectivity index (χ0v) is 19.3. The van der Waals surface area contributed by atoms with Gasteiger partial charge in [-0.1, -0.05) is 66.8 Å². The van der Waals surface area contributed by atoms with Gasteiger partial charge in [-0.05, 0) is 64.1 Å². The first-order valence-electron chi connectivity index (χ1n) is 10.6. The molecule has 2 nitrogen and oxygen atoms in total. The largest absolute Gasteiger partial charge is 0.344 e. The van der Waals surface area contributed by atoms with Crippen LogP contribution in [0, 0.1) is 6.92 Å². The minimum atomic E-state index is 1.02. The summed E-state index contributed by atoms with van der Waals surface area (Å²) in [6.07, 6.45) is 12.4. The third kappa shape index (κ3) is 4.64. The van der Waals surface area contributed by atoms with Crippen LogP contribution < -0.4 is 15.5 Å². The SMILES string of the molecule is C=C/C(C)=C\C=C(/C)N(c1ccc(C)cc1)c1ccc2c(c1)/c(=C/C=C\C)c(=C)n2C. The maximum Gasteiger partial charge on any atom is 0.0490 e. The van der Waals surface area contributed by atoms with Crippen molar-refractivity contribution < 1.29 is 0 Å². The van der Waals surface area contributed by atoms with Crippen molar-refractivity contribution >= 4 is 34.9 Å². The van der Waals surface area contributed by atoms with Crippen molar-refractivity contribution in [1.29, 1.82) is 0 Å². The van der Waals surface area contributed by atoms with E-state index in [2.05, 4.69) is 117 Å². The molecule has 1 heterocycles. The Morgan fingerprint density at radius 3 is 2.32 bits per heavy atom. The summed E-state index contributed by atoms with van der Waals surface area (Å²) in [5.41, 5.74) is 6.94. The Balaban J connectivity index is 2.27. The Bertz CT molecular complexity index is 1300. The second kappa shape index (κ2) is 9.53. The topological polar surface area (TPSA) is 8.17 Å². The lowest BCUT2D eigenvalue weighted by molar-refractivity contribution is 0.928. The van der Waals surface area contributed by atoms with Gasteiger partial charge in [-0.25, -0.2) is 0 Å². The van der Waals surface area contributed by atoms with E-state index in [9.17, 15) is 0 Å².